The summed E-state index contributed by atoms with van der Waals surface area (Å²) in [4.78, 5) is 26.1. The molecule has 8 nitrogen and oxygen atoms in total. The lowest BCUT2D eigenvalue weighted by atomic mass is 10.1. The minimum absolute atomic E-state index is 0.000567. The number of carbonyl (C=O) groups excluding carboxylic acids is 2. The Balaban J connectivity index is 1.55. The molecule has 0 aliphatic carbocycles. The number of amides is 2. The van der Waals surface area contributed by atoms with Crippen LogP contribution in [0.5, 0.6) is 5.88 Å². The van der Waals surface area contributed by atoms with Gasteiger partial charge in [0.05, 0.1) is 24.8 Å². The molecule has 1 fully saturated rings. The SMILES string of the molecule is CC(C)Oc1ccc(NC(=O)[C@H]2CC(=O)N(Cc3ccco3)C2)nn1. The molecule has 2 aromatic rings. The Morgan fingerprint density at radius 2 is 2.24 bits per heavy atom. The monoisotopic (exact) mass is 344 g/mol. The molecule has 0 spiro atoms. The fourth-order valence-electron chi connectivity index (χ4n) is 2.61. The van der Waals surface area contributed by atoms with E-state index in [9.17, 15) is 9.59 Å². The number of hydrogen-bond donors (Lipinski definition) is 1. The highest BCUT2D eigenvalue weighted by Crippen LogP contribution is 2.22. The Morgan fingerprint density at radius 3 is 2.88 bits per heavy atom. The third-order valence-corrected chi connectivity index (χ3v) is 3.76. The van der Waals surface area contributed by atoms with Gasteiger partial charge in [-0.1, -0.05) is 0 Å². The number of likely N-dealkylation sites (tertiary alicyclic amines) is 1. The second-order valence-electron chi connectivity index (χ2n) is 6.17. The van der Waals surface area contributed by atoms with Crippen LogP contribution in [0.15, 0.2) is 34.9 Å². The number of ether oxygens (including phenoxy) is 1. The summed E-state index contributed by atoms with van der Waals surface area (Å²) in [6.45, 7) is 4.51. The topological polar surface area (TPSA) is 97.6 Å². The molecule has 2 aromatic heterocycles. The number of rotatable bonds is 6. The maximum Gasteiger partial charge on any atom is 0.233 e. The van der Waals surface area contributed by atoms with Crippen LogP contribution in [0.25, 0.3) is 0 Å². The van der Waals surface area contributed by atoms with Crippen LogP contribution in [-0.2, 0) is 16.1 Å². The molecular weight excluding hydrogens is 324 g/mol. The fraction of sp³-hybridized carbons (Fsp3) is 0.412. The highest BCUT2D eigenvalue weighted by atomic mass is 16.5. The summed E-state index contributed by atoms with van der Waals surface area (Å²) in [6, 6.07) is 6.84. The van der Waals surface area contributed by atoms with Crippen LogP contribution in [0, 0.1) is 5.92 Å². The van der Waals surface area contributed by atoms with E-state index in [0.29, 0.717) is 30.5 Å². The zero-order valence-corrected chi connectivity index (χ0v) is 14.1. The molecule has 25 heavy (non-hydrogen) atoms. The predicted octanol–water partition coefficient (Wildman–Crippen LogP) is 1.84. The van der Waals surface area contributed by atoms with Gasteiger partial charge in [-0.2, -0.15) is 0 Å². The van der Waals surface area contributed by atoms with E-state index < -0.39 is 5.92 Å². The van der Waals surface area contributed by atoms with E-state index in [1.165, 1.54) is 0 Å². The lowest BCUT2D eigenvalue weighted by Gasteiger charge is -2.15. The highest BCUT2D eigenvalue weighted by molar-refractivity contribution is 5.96. The third kappa shape index (κ3) is 4.34. The molecule has 132 valence electrons. The number of carbonyl (C=O) groups is 2. The molecular formula is C17H20N4O4. The number of nitrogens with one attached hydrogen (secondary N) is 1. The summed E-state index contributed by atoms with van der Waals surface area (Å²) >= 11 is 0. The van der Waals surface area contributed by atoms with Crippen molar-refractivity contribution in [3.63, 3.8) is 0 Å². The normalized spacial score (nSPS) is 17.2. The van der Waals surface area contributed by atoms with Crippen molar-refractivity contribution in [3.05, 3.63) is 36.3 Å². The minimum Gasteiger partial charge on any atom is -0.474 e. The second-order valence-corrected chi connectivity index (χ2v) is 6.17. The van der Waals surface area contributed by atoms with Crippen molar-refractivity contribution in [2.45, 2.75) is 32.9 Å². The molecule has 1 saturated heterocycles. The molecule has 1 atom stereocenters. The van der Waals surface area contributed by atoms with Gasteiger partial charge in [0.15, 0.2) is 5.82 Å². The zero-order valence-electron chi connectivity index (χ0n) is 14.1. The number of aromatic nitrogens is 2. The van der Waals surface area contributed by atoms with E-state index in [0.717, 1.165) is 0 Å². The van der Waals surface area contributed by atoms with Crippen molar-refractivity contribution in [3.8, 4) is 5.88 Å². The van der Waals surface area contributed by atoms with Crippen LogP contribution in [0.3, 0.4) is 0 Å². The Hall–Kier alpha value is -2.90. The van der Waals surface area contributed by atoms with E-state index >= 15 is 0 Å². The maximum absolute atomic E-state index is 12.4. The summed E-state index contributed by atoms with van der Waals surface area (Å²) < 4.78 is 10.7. The average molecular weight is 344 g/mol. The molecule has 0 radical (unpaired) electrons. The van der Waals surface area contributed by atoms with Gasteiger partial charge < -0.3 is 19.4 Å². The quantitative estimate of drug-likeness (QED) is 0.859. The molecule has 0 saturated carbocycles. The molecule has 3 heterocycles. The Morgan fingerprint density at radius 1 is 1.40 bits per heavy atom. The van der Waals surface area contributed by atoms with Crippen LogP contribution in [0.2, 0.25) is 0 Å². The molecule has 0 aromatic carbocycles. The summed E-state index contributed by atoms with van der Waals surface area (Å²) in [5.74, 6) is 0.689. The smallest absolute Gasteiger partial charge is 0.233 e. The molecule has 1 N–H and O–H groups in total. The van der Waals surface area contributed by atoms with Gasteiger partial charge in [0, 0.05) is 19.0 Å². The largest absolute Gasteiger partial charge is 0.474 e. The van der Waals surface area contributed by atoms with Crippen molar-refractivity contribution in [2.24, 2.45) is 5.92 Å². The lowest BCUT2D eigenvalue weighted by molar-refractivity contribution is -0.128. The lowest BCUT2D eigenvalue weighted by Crippen LogP contribution is -2.28. The van der Waals surface area contributed by atoms with Gasteiger partial charge >= 0.3 is 0 Å². The number of nitrogens with zero attached hydrogens (tertiary/aromatic N) is 3. The minimum atomic E-state index is -0.421. The first-order valence-corrected chi connectivity index (χ1v) is 8.12. The van der Waals surface area contributed by atoms with Crippen LogP contribution in [-0.4, -0.2) is 39.6 Å². The predicted molar refractivity (Wildman–Crippen MR) is 88.7 cm³/mol. The van der Waals surface area contributed by atoms with Crippen LogP contribution in [0.1, 0.15) is 26.0 Å². The van der Waals surface area contributed by atoms with E-state index in [2.05, 4.69) is 15.5 Å². The van der Waals surface area contributed by atoms with Gasteiger partial charge in [-0.25, -0.2) is 0 Å². The molecule has 1 aliphatic rings. The number of furan rings is 1. The number of anilines is 1. The average Bonchev–Trinajstić information content (AvgIpc) is 3.20. The Kier molecular flexibility index (Phi) is 4.97. The molecule has 8 heteroatoms. The molecule has 1 aliphatic heterocycles. The molecule has 0 bridgehead atoms. The molecule has 0 unspecified atom stereocenters. The standard InChI is InChI=1S/C17H20N4O4/c1-11(2)25-15-6-5-14(19-20-15)18-17(23)12-8-16(22)21(9-12)10-13-4-3-7-24-13/h3-7,11-12H,8-10H2,1-2H3,(H,18,19,23)/t12-/m0/s1. The van der Waals surface area contributed by atoms with E-state index in [1.54, 1.807) is 35.4 Å². The van der Waals surface area contributed by atoms with Gasteiger partial charge in [0.2, 0.25) is 17.7 Å². The van der Waals surface area contributed by atoms with E-state index in [-0.39, 0.29) is 24.3 Å². The van der Waals surface area contributed by atoms with Crippen molar-refractivity contribution < 1.29 is 18.7 Å². The van der Waals surface area contributed by atoms with E-state index in [1.807, 2.05) is 13.8 Å². The van der Waals surface area contributed by atoms with E-state index in [4.69, 9.17) is 9.15 Å². The molecule has 2 amide bonds. The summed E-state index contributed by atoms with van der Waals surface area (Å²) in [6.07, 6.45) is 1.74. The summed E-state index contributed by atoms with van der Waals surface area (Å²) in [7, 11) is 0. The van der Waals surface area contributed by atoms with Gasteiger partial charge in [0.25, 0.3) is 0 Å². The Bertz CT molecular complexity index is 728. The fourth-order valence-corrected chi connectivity index (χ4v) is 2.61. The van der Waals surface area contributed by atoms with Crippen molar-refractivity contribution in [1.82, 2.24) is 15.1 Å². The van der Waals surface area contributed by atoms with Gasteiger partial charge in [-0.15, -0.1) is 10.2 Å². The maximum atomic E-state index is 12.4. The molecule has 3 rings (SSSR count). The van der Waals surface area contributed by atoms with Crippen LogP contribution in [0.4, 0.5) is 5.82 Å². The van der Waals surface area contributed by atoms with Gasteiger partial charge in [-0.3, -0.25) is 9.59 Å². The van der Waals surface area contributed by atoms with Gasteiger partial charge in [-0.05, 0) is 32.0 Å². The first-order valence-electron chi connectivity index (χ1n) is 8.12. The van der Waals surface area contributed by atoms with Crippen LogP contribution >= 0.6 is 0 Å². The first-order chi connectivity index (χ1) is 12.0. The zero-order chi connectivity index (χ0) is 17.8. The second kappa shape index (κ2) is 7.33. The van der Waals surface area contributed by atoms with Crippen molar-refractivity contribution in [1.29, 1.82) is 0 Å². The van der Waals surface area contributed by atoms with Crippen LogP contribution < -0.4 is 10.1 Å². The third-order valence-electron chi connectivity index (χ3n) is 3.76. The van der Waals surface area contributed by atoms with Gasteiger partial charge in [0.1, 0.15) is 5.76 Å². The first kappa shape index (κ1) is 16.9. The Labute approximate surface area is 145 Å². The summed E-state index contributed by atoms with van der Waals surface area (Å²) in [5.41, 5.74) is 0. The van der Waals surface area contributed by atoms with Crippen molar-refractivity contribution >= 4 is 17.6 Å². The highest BCUT2D eigenvalue weighted by Gasteiger charge is 2.34. The summed E-state index contributed by atoms with van der Waals surface area (Å²) in [5, 5.41) is 10.5. The van der Waals surface area contributed by atoms with Crippen molar-refractivity contribution in [2.75, 3.05) is 11.9 Å². The number of hydrogen-bond acceptors (Lipinski definition) is 6.